The van der Waals surface area contributed by atoms with Gasteiger partial charge in [0.05, 0.1) is 5.94 Å². The molecule has 1 fully saturated rings. The summed E-state index contributed by atoms with van der Waals surface area (Å²) < 4.78 is 0. The molecule has 0 radical (unpaired) electrons. The molecule has 2 amide bonds. The molecule has 1 aliphatic rings. The second-order valence-corrected chi connectivity index (χ2v) is 10.2. The van der Waals surface area contributed by atoms with E-state index in [4.69, 9.17) is 5.41 Å². The molecule has 36 heavy (non-hydrogen) atoms. The Hall–Kier alpha value is -2.41. The highest BCUT2D eigenvalue weighted by Gasteiger charge is 2.32. The van der Waals surface area contributed by atoms with Crippen LogP contribution in [-0.4, -0.2) is 58.5 Å². The van der Waals surface area contributed by atoms with Crippen LogP contribution in [0.4, 0.5) is 0 Å². The van der Waals surface area contributed by atoms with Gasteiger partial charge in [0, 0.05) is 12.5 Å². The lowest BCUT2D eigenvalue weighted by Gasteiger charge is -2.30. The van der Waals surface area contributed by atoms with E-state index in [0.29, 0.717) is 18.8 Å². The summed E-state index contributed by atoms with van der Waals surface area (Å²) in [7, 11) is -1.73. The van der Waals surface area contributed by atoms with E-state index in [0.717, 1.165) is 25.7 Å². The molecule has 0 bridgehead atoms. The standard InChI is InChI=1S/C23H45BN6O6/c1-4-5-6-8-17-10-12-18(13-11-17)21(31)27-19(9-7-14-26-23(25)29-30(35)36)22(32)28-20(24(33)34)15-16(2)3/h16-20,33-34H,4-15H2,1-3H3,(H,27,31)(H,28,32)(H3,25,26,29)/t17-,18-,19-,20-/m0/s1. The maximum Gasteiger partial charge on any atom is 0.475 e. The second-order valence-electron chi connectivity index (χ2n) is 10.2. The van der Waals surface area contributed by atoms with Gasteiger partial charge in [-0.1, -0.05) is 51.9 Å². The van der Waals surface area contributed by atoms with Crippen LogP contribution in [0.2, 0.25) is 0 Å². The molecule has 1 rings (SSSR count). The van der Waals surface area contributed by atoms with E-state index < -0.39 is 36.0 Å². The molecule has 12 nitrogen and oxygen atoms in total. The van der Waals surface area contributed by atoms with E-state index in [1.165, 1.54) is 25.7 Å². The molecule has 2 atom stereocenters. The SMILES string of the molecule is CCCCC[C@H]1CC[C@H](C(=O)N[C@@H](CCCNC(=N)N[N+](=O)[O-])C(=O)N[C@@H](CC(C)C)B(O)O)CC1. The largest absolute Gasteiger partial charge is 0.475 e. The minimum absolute atomic E-state index is 0.113. The minimum Gasteiger partial charge on any atom is -0.426 e. The van der Waals surface area contributed by atoms with Gasteiger partial charge in [-0.2, -0.15) is 0 Å². The number of guanidine groups is 1. The highest BCUT2D eigenvalue weighted by molar-refractivity contribution is 6.43. The van der Waals surface area contributed by atoms with Crippen molar-refractivity contribution in [2.45, 2.75) is 103 Å². The molecule has 7 N–H and O–H groups in total. The van der Waals surface area contributed by atoms with Crippen LogP contribution in [-0.2, 0) is 9.59 Å². The van der Waals surface area contributed by atoms with Crippen molar-refractivity contribution < 1.29 is 24.7 Å². The summed E-state index contributed by atoms with van der Waals surface area (Å²) in [4.78, 5) is 36.4. The van der Waals surface area contributed by atoms with Gasteiger partial charge in [0.2, 0.25) is 11.8 Å². The highest BCUT2D eigenvalue weighted by atomic mass is 16.7. The van der Waals surface area contributed by atoms with Crippen LogP contribution >= 0.6 is 0 Å². The number of nitro groups is 1. The average Bonchev–Trinajstić information content (AvgIpc) is 2.80. The van der Waals surface area contributed by atoms with Crippen LogP contribution in [0.3, 0.4) is 0 Å². The quantitative estimate of drug-likeness (QED) is 0.0404. The lowest BCUT2D eigenvalue weighted by Crippen LogP contribution is -2.55. The molecule has 0 aromatic carbocycles. The lowest BCUT2D eigenvalue weighted by atomic mass is 9.75. The van der Waals surface area contributed by atoms with E-state index in [1.54, 1.807) is 5.43 Å². The van der Waals surface area contributed by atoms with Crippen molar-refractivity contribution in [3.05, 3.63) is 10.1 Å². The Labute approximate surface area is 214 Å². The molecule has 1 aliphatic carbocycles. The third-order valence-corrected chi connectivity index (χ3v) is 6.65. The molecule has 0 spiro atoms. The number of hydrogen-bond acceptors (Lipinski definition) is 7. The molecule has 1 saturated carbocycles. The zero-order valence-electron chi connectivity index (χ0n) is 21.9. The van der Waals surface area contributed by atoms with Crippen molar-refractivity contribution in [3.63, 3.8) is 0 Å². The number of rotatable bonds is 16. The van der Waals surface area contributed by atoms with Gasteiger partial charge in [0.1, 0.15) is 6.04 Å². The Morgan fingerprint density at radius 1 is 1.11 bits per heavy atom. The first-order chi connectivity index (χ1) is 17.0. The summed E-state index contributed by atoms with van der Waals surface area (Å²) in [5.41, 5.74) is 1.69. The fourth-order valence-corrected chi connectivity index (χ4v) is 4.65. The molecule has 0 aliphatic heterocycles. The van der Waals surface area contributed by atoms with Crippen molar-refractivity contribution in [2.24, 2.45) is 17.8 Å². The van der Waals surface area contributed by atoms with Crippen molar-refractivity contribution >= 4 is 24.9 Å². The van der Waals surface area contributed by atoms with Gasteiger partial charge in [-0.25, -0.2) is 10.1 Å². The van der Waals surface area contributed by atoms with Crippen molar-refractivity contribution in [2.75, 3.05) is 6.54 Å². The normalized spacial score (nSPS) is 19.2. The fraction of sp³-hybridized carbons (Fsp3) is 0.870. The Bertz CT molecular complexity index is 703. The number of carbonyl (C=O) groups is 2. The van der Waals surface area contributed by atoms with Gasteiger partial charge in [0.15, 0.2) is 5.03 Å². The summed E-state index contributed by atoms with van der Waals surface area (Å²) in [5.74, 6) is -1.42. The topological polar surface area (TPSA) is 190 Å². The van der Waals surface area contributed by atoms with Crippen molar-refractivity contribution in [3.8, 4) is 0 Å². The molecule has 0 saturated heterocycles. The predicted octanol–water partition coefficient (Wildman–Crippen LogP) is 1.49. The van der Waals surface area contributed by atoms with E-state index in [-0.39, 0.29) is 30.7 Å². The van der Waals surface area contributed by atoms with E-state index in [2.05, 4.69) is 22.9 Å². The molecular weight excluding hydrogens is 467 g/mol. The number of amides is 2. The first-order valence-corrected chi connectivity index (χ1v) is 13.2. The van der Waals surface area contributed by atoms with Crippen LogP contribution in [0.5, 0.6) is 0 Å². The van der Waals surface area contributed by atoms with E-state index in [9.17, 15) is 29.8 Å². The minimum atomic E-state index is -1.73. The smallest absolute Gasteiger partial charge is 0.426 e. The van der Waals surface area contributed by atoms with Gasteiger partial charge in [-0.3, -0.25) is 15.0 Å². The van der Waals surface area contributed by atoms with Gasteiger partial charge < -0.3 is 26.0 Å². The number of hydrazine groups is 1. The molecule has 0 aromatic heterocycles. The fourth-order valence-electron chi connectivity index (χ4n) is 4.65. The molecule has 206 valence electrons. The maximum atomic E-state index is 13.0. The first-order valence-electron chi connectivity index (χ1n) is 13.2. The summed E-state index contributed by atoms with van der Waals surface area (Å²) in [5, 5.41) is 44.4. The third-order valence-electron chi connectivity index (χ3n) is 6.65. The molecule has 0 unspecified atom stereocenters. The zero-order chi connectivity index (χ0) is 27.1. The van der Waals surface area contributed by atoms with Crippen LogP contribution < -0.4 is 21.4 Å². The predicted molar refractivity (Wildman–Crippen MR) is 138 cm³/mol. The van der Waals surface area contributed by atoms with E-state index in [1.807, 2.05) is 13.8 Å². The van der Waals surface area contributed by atoms with Crippen LogP contribution in [0, 0.1) is 33.3 Å². The summed E-state index contributed by atoms with van der Waals surface area (Å²) in [6.07, 6.45) is 9.34. The van der Waals surface area contributed by atoms with E-state index >= 15 is 0 Å². The zero-order valence-corrected chi connectivity index (χ0v) is 21.9. The Balaban J connectivity index is 2.71. The van der Waals surface area contributed by atoms with Gasteiger partial charge in [0.25, 0.3) is 5.96 Å². The Morgan fingerprint density at radius 3 is 2.33 bits per heavy atom. The Morgan fingerprint density at radius 2 is 1.78 bits per heavy atom. The van der Waals surface area contributed by atoms with Crippen LogP contribution in [0.15, 0.2) is 0 Å². The lowest BCUT2D eigenvalue weighted by molar-refractivity contribution is -0.525. The number of unbranched alkanes of at least 4 members (excludes halogenated alkanes) is 2. The van der Waals surface area contributed by atoms with Crippen LogP contribution in [0.25, 0.3) is 0 Å². The average molecular weight is 512 g/mol. The summed E-state index contributed by atoms with van der Waals surface area (Å²) in [6.45, 7) is 6.17. The molecular formula is C23H45BN6O6. The molecule has 13 heteroatoms. The number of hydrogen-bond donors (Lipinski definition) is 7. The highest BCUT2D eigenvalue weighted by Crippen LogP contribution is 2.32. The number of nitrogens with one attached hydrogen (secondary N) is 5. The van der Waals surface area contributed by atoms with Gasteiger partial charge in [-0.05, 0) is 56.8 Å². The summed E-state index contributed by atoms with van der Waals surface area (Å²) in [6, 6.07) is -0.896. The van der Waals surface area contributed by atoms with Crippen LogP contribution in [0.1, 0.15) is 91.4 Å². The molecule has 0 heterocycles. The monoisotopic (exact) mass is 512 g/mol. The third kappa shape index (κ3) is 13.1. The van der Waals surface area contributed by atoms with Crippen molar-refractivity contribution in [1.29, 1.82) is 5.41 Å². The first kappa shape index (κ1) is 31.6. The van der Waals surface area contributed by atoms with Gasteiger partial charge >= 0.3 is 7.12 Å². The second kappa shape index (κ2) is 17.1. The number of nitrogens with zero attached hydrogens (tertiary/aromatic N) is 1. The van der Waals surface area contributed by atoms with Crippen molar-refractivity contribution in [1.82, 2.24) is 21.4 Å². The summed E-state index contributed by atoms with van der Waals surface area (Å²) >= 11 is 0. The molecule has 0 aromatic rings. The Kier molecular flexibility index (Phi) is 15.0. The maximum absolute atomic E-state index is 13.0. The number of carbonyl (C=O) groups excluding carboxylic acids is 2. The van der Waals surface area contributed by atoms with Gasteiger partial charge in [-0.15, -0.1) is 0 Å².